The molecule has 2 amide bonds. The van der Waals surface area contributed by atoms with E-state index in [-0.39, 0.29) is 0 Å². The van der Waals surface area contributed by atoms with Crippen LogP contribution in [0.3, 0.4) is 0 Å². The summed E-state index contributed by atoms with van der Waals surface area (Å²) in [7, 11) is 2.97. The molecule has 0 saturated carbocycles. The van der Waals surface area contributed by atoms with Crippen molar-refractivity contribution in [3.63, 3.8) is 0 Å². The molecular formula is C4H12N4O2. The molecule has 6 N–H and O–H groups in total. The maximum absolute atomic E-state index is 9.48. The number of hydrogen-bond donors (Lipinski definition) is 4. The van der Waals surface area contributed by atoms with Gasteiger partial charge in [-0.3, -0.25) is 0 Å². The fourth-order valence-electron chi connectivity index (χ4n) is 0. The molecule has 0 atom stereocenters. The Labute approximate surface area is 59.1 Å². The van der Waals surface area contributed by atoms with Crippen molar-refractivity contribution < 1.29 is 9.59 Å². The number of nitrogens with one attached hydrogen (secondary N) is 2. The van der Waals surface area contributed by atoms with Crippen LogP contribution in [0.25, 0.3) is 0 Å². The highest BCUT2D eigenvalue weighted by atomic mass is 16.2. The van der Waals surface area contributed by atoms with Crippen LogP contribution in [0.5, 0.6) is 0 Å². The van der Waals surface area contributed by atoms with Gasteiger partial charge in [0, 0.05) is 7.05 Å². The molecule has 0 saturated heterocycles. The number of primary amides is 1. The Balaban J connectivity index is -0.0000000847. The Morgan fingerprint density at radius 3 is 1.70 bits per heavy atom. The molecule has 0 aliphatic carbocycles. The Hall–Kier alpha value is -1.39. The summed E-state index contributed by atoms with van der Waals surface area (Å²) in [5.74, 6) is 0. The van der Waals surface area contributed by atoms with E-state index in [0.29, 0.717) is 0 Å². The van der Waals surface area contributed by atoms with Crippen LogP contribution in [0.4, 0.5) is 4.79 Å². The quantitative estimate of drug-likeness (QED) is 0.254. The molecule has 0 heterocycles. The van der Waals surface area contributed by atoms with Crippen LogP contribution in [0.2, 0.25) is 0 Å². The number of rotatable bonds is 0. The van der Waals surface area contributed by atoms with Gasteiger partial charge in [0.1, 0.15) is 0 Å². The molecule has 0 rings (SSSR count). The molecule has 60 valence electrons. The van der Waals surface area contributed by atoms with Crippen LogP contribution in [-0.4, -0.2) is 26.2 Å². The van der Waals surface area contributed by atoms with Crippen LogP contribution in [0.1, 0.15) is 0 Å². The monoisotopic (exact) mass is 148 g/mol. The minimum absolute atomic E-state index is 0.495. The van der Waals surface area contributed by atoms with Crippen molar-refractivity contribution in [2.45, 2.75) is 0 Å². The first-order chi connectivity index (χ1) is 4.68. The van der Waals surface area contributed by atoms with E-state index >= 15 is 0 Å². The van der Waals surface area contributed by atoms with Gasteiger partial charge in [-0.05, 0) is 7.05 Å². The van der Waals surface area contributed by atoms with Crippen LogP contribution < -0.4 is 16.8 Å². The second-order valence-electron chi connectivity index (χ2n) is 0.716. The highest BCUT2D eigenvalue weighted by Crippen LogP contribution is 1.38. The van der Waals surface area contributed by atoms with Gasteiger partial charge in [-0.15, -0.1) is 0 Å². The first-order valence-corrected chi connectivity index (χ1v) is 2.27. The van der Waals surface area contributed by atoms with Crippen molar-refractivity contribution in [3.05, 3.63) is 0 Å². The van der Waals surface area contributed by atoms with E-state index in [1.807, 2.05) is 0 Å². The van der Waals surface area contributed by atoms with Gasteiger partial charge in [0.05, 0.1) is 0 Å². The average Bonchev–Trinajstić information content (AvgIpc) is 1.94. The van der Waals surface area contributed by atoms with Crippen molar-refractivity contribution in [2.24, 2.45) is 11.5 Å². The molecule has 0 fully saturated rings. The highest BCUT2D eigenvalue weighted by Gasteiger charge is 1.72. The Kier molecular flexibility index (Phi) is 40.4. The van der Waals surface area contributed by atoms with Crippen LogP contribution >= 0.6 is 0 Å². The van der Waals surface area contributed by atoms with Gasteiger partial charge in [0.25, 0.3) is 0 Å². The van der Waals surface area contributed by atoms with Crippen molar-refractivity contribution in [1.29, 1.82) is 5.41 Å². The molecule has 0 spiro atoms. The van der Waals surface area contributed by atoms with Gasteiger partial charge in [-0.2, -0.15) is 0 Å². The SMILES string of the molecule is CN.CNC(N)=O.N=C=O. The maximum Gasteiger partial charge on any atom is 0.311 e. The van der Waals surface area contributed by atoms with Gasteiger partial charge in [-0.25, -0.2) is 15.0 Å². The lowest BCUT2D eigenvalue weighted by Gasteiger charge is -1.80. The number of carbonyl (C=O) groups is 1. The predicted molar refractivity (Wildman–Crippen MR) is 37.2 cm³/mol. The lowest BCUT2D eigenvalue weighted by atomic mass is 11.1. The fraction of sp³-hybridized carbons (Fsp3) is 0.500. The third-order valence-corrected chi connectivity index (χ3v) is 0.246. The third kappa shape index (κ3) is 559. The summed E-state index contributed by atoms with van der Waals surface area (Å²) >= 11 is 0. The molecule has 0 aromatic carbocycles. The van der Waals surface area contributed by atoms with E-state index in [9.17, 15) is 4.79 Å². The molecule has 0 unspecified atom stereocenters. The Bertz CT molecular complexity index is 97.4. The standard InChI is InChI=1S/C2H6N2O.CHNO.CH5N/c1-4-2(3)5;2-1-3;1-2/h1H3,(H3,3,4,5);2H;2H2,1H3. The van der Waals surface area contributed by atoms with Crippen molar-refractivity contribution >= 4 is 12.1 Å². The molecule has 0 bridgehead atoms. The normalized spacial score (nSPS) is 4.70. The van der Waals surface area contributed by atoms with E-state index in [2.05, 4.69) is 16.8 Å². The maximum atomic E-state index is 9.48. The molecule has 6 heteroatoms. The minimum atomic E-state index is -0.495. The van der Waals surface area contributed by atoms with Crippen molar-refractivity contribution in [2.75, 3.05) is 14.1 Å². The number of isocyanates is 1. The van der Waals surface area contributed by atoms with Gasteiger partial charge >= 0.3 is 6.03 Å². The topological polar surface area (TPSA) is 122 Å². The number of urea groups is 1. The Morgan fingerprint density at radius 2 is 1.70 bits per heavy atom. The lowest BCUT2D eigenvalue weighted by molar-refractivity contribution is 0.251. The van der Waals surface area contributed by atoms with Crippen molar-refractivity contribution in [1.82, 2.24) is 5.32 Å². The van der Waals surface area contributed by atoms with E-state index in [1.165, 1.54) is 14.1 Å². The second-order valence-corrected chi connectivity index (χ2v) is 0.716. The van der Waals surface area contributed by atoms with Gasteiger partial charge in [0.2, 0.25) is 6.08 Å². The zero-order chi connectivity index (χ0) is 8.99. The zero-order valence-corrected chi connectivity index (χ0v) is 5.97. The molecule has 0 aliphatic rings. The third-order valence-electron chi connectivity index (χ3n) is 0.246. The predicted octanol–water partition coefficient (Wildman–Crippen LogP) is -1.24. The highest BCUT2D eigenvalue weighted by molar-refractivity contribution is 5.71. The summed E-state index contributed by atoms with van der Waals surface area (Å²) in [5.41, 5.74) is 9.04. The summed E-state index contributed by atoms with van der Waals surface area (Å²) in [6.07, 6.45) is 0.750. The molecule has 0 aromatic rings. The molecule has 0 aliphatic heterocycles. The lowest BCUT2D eigenvalue weighted by Crippen LogP contribution is -2.24. The van der Waals surface area contributed by atoms with E-state index in [4.69, 9.17) is 10.2 Å². The Morgan fingerprint density at radius 1 is 1.60 bits per heavy atom. The summed E-state index contributed by atoms with van der Waals surface area (Å²) in [5, 5.41) is 7.57. The van der Waals surface area contributed by atoms with E-state index in [0.717, 1.165) is 6.08 Å². The molecule has 0 radical (unpaired) electrons. The summed E-state index contributed by atoms with van der Waals surface area (Å²) in [6.45, 7) is 0. The molecule has 10 heavy (non-hydrogen) atoms. The van der Waals surface area contributed by atoms with Gasteiger partial charge in [0.15, 0.2) is 0 Å². The van der Waals surface area contributed by atoms with Gasteiger partial charge < -0.3 is 16.8 Å². The van der Waals surface area contributed by atoms with E-state index in [1.54, 1.807) is 0 Å². The number of hydrogen-bond acceptors (Lipinski definition) is 4. The van der Waals surface area contributed by atoms with E-state index < -0.39 is 6.03 Å². The van der Waals surface area contributed by atoms with Gasteiger partial charge in [-0.1, -0.05) is 0 Å². The molecular weight excluding hydrogens is 136 g/mol. The molecule has 0 aromatic heterocycles. The van der Waals surface area contributed by atoms with Crippen LogP contribution in [0.15, 0.2) is 0 Å². The second kappa shape index (κ2) is 25.5. The number of carbonyl (C=O) groups excluding carboxylic acids is 2. The molecule has 6 nitrogen and oxygen atoms in total. The minimum Gasteiger partial charge on any atom is -0.352 e. The summed E-state index contributed by atoms with van der Waals surface area (Å²) in [6, 6.07) is -0.495. The van der Waals surface area contributed by atoms with Crippen molar-refractivity contribution in [3.8, 4) is 0 Å². The average molecular weight is 148 g/mol. The first-order valence-electron chi connectivity index (χ1n) is 2.27. The summed E-state index contributed by atoms with van der Waals surface area (Å²) in [4.78, 5) is 17.8. The number of nitrogens with two attached hydrogens (primary N) is 2. The largest absolute Gasteiger partial charge is 0.352 e. The number of amides is 2. The van der Waals surface area contributed by atoms with Crippen LogP contribution in [0, 0.1) is 5.41 Å². The smallest absolute Gasteiger partial charge is 0.311 e. The first kappa shape index (κ1) is 15.8. The fourth-order valence-corrected chi connectivity index (χ4v) is 0. The van der Waals surface area contributed by atoms with Crippen LogP contribution in [-0.2, 0) is 4.79 Å². The zero-order valence-electron chi connectivity index (χ0n) is 5.97. The summed E-state index contributed by atoms with van der Waals surface area (Å²) < 4.78 is 0.